The van der Waals surface area contributed by atoms with Gasteiger partial charge in [-0.15, -0.1) is 0 Å². The third kappa shape index (κ3) is 6.71. The molecule has 0 saturated carbocycles. The molecule has 1 aromatic heterocycles. The first-order valence-electron chi connectivity index (χ1n) is 23.4. The van der Waals surface area contributed by atoms with Gasteiger partial charge in [-0.25, -0.2) is 0 Å². The Bertz CT molecular complexity index is 3520. The number of para-hydroxylation sites is 2. The summed E-state index contributed by atoms with van der Waals surface area (Å²) in [6, 6.07) is 91.7. The van der Waals surface area contributed by atoms with Gasteiger partial charge in [0.2, 0.25) is 0 Å². The van der Waals surface area contributed by atoms with Crippen LogP contribution in [0.25, 0.3) is 60.9 Å². The zero-order chi connectivity index (χ0) is 45.1. The third-order valence-electron chi connectivity index (χ3n) is 14.1. The second kappa shape index (κ2) is 16.0. The van der Waals surface area contributed by atoms with Gasteiger partial charge in [0.15, 0.2) is 0 Å². The first-order valence-corrected chi connectivity index (χ1v) is 23.4. The molecule has 0 atom stereocenters. The molecule has 1 aliphatic carbocycles. The Balaban J connectivity index is 0.901. The largest absolute Gasteiger partial charge is 0.311 e. The lowest BCUT2D eigenvalue weighted by molar-refractivity contribution is 0.590. The van der Waals surface area contributed by atoms with Crippen LogP contribution in [-0.2, 0) is 10.8 Å². The summed E-state index contributed by atoms with van der Waals surface area (Å²) in [5.74, 6) is 0. The summed E-state index contributed by atoms with van der Waals surface area (Å²) in [5, 5.41) is 2.48. The zero-order valence-corrected chi connectivity index (χ0v) is 38.1. The van der Waals surface area contributed by atoms with Crippen LogP contribution in [0.4, 0.5) is 17.1 Å². The van der Waals surface area contributed by atoms with E-state index in [-0.39, 0.29) is 5.41 Å². The molecule has 67 heavy (non-hydrogen) atoms. The van der Waals surface area contributed by atoms with E-state index in [1.54, 1.807) is 0 Å². The van der Waals surface area contributed by atoms with E-state index in [1.807, 2.05) is 0 Å². The monoisotopic (exact) mass is 858 g/mol. The Morgan fingerprint density at radius 1 is 0.358 bits per heavy atom. The van der Waals surface area contributed by atoms with Gasteiger partial charge in [0.1, 0.15) is 0 Å². The molecule has 0 unspecified atom stereocenters. The van der Waals surface area contributed by atoms with Crippen LogP contribution >= 0.6 is 0 Å². The van der Waals surface area contributed by atoms with Crippen LogP contribution in [0.1, 0.15) is 48.6 Å². The zero-order valence-electron chi connectivity index (χ0n) is 38.1. The lowest BCUT2D eigenvalue weighted by atomic mass is 9.67. The van der Waals surface area contributed by atoms with Crippen molar-refractivity contribution >= 4 is 38.9 Å². The predicted molar refractivity (Wildman–Crippen MR) is 282 cm³/mol. The van der Waals surface area contributed by atoms with Gasteiger partial charge in [-0.1, -0.05) is 203 Å². The molecule has 1 heterocycles. The van der Waals surface area contributed by atoms with Crippen molar-refractivity contribution in [3.63, 3.8) is 0 Å². The van der Waals surface area contributed by atoms with Crippen molar-refractivity contribution in [2.45, 2.75) is 31.6 Å². The summed E-state index contributed by atoms with van der Waals surface area (Å²) in [7, 11) is 0. The third-order valence-corrected chi connectivity index (χ3v) is 14.1. The molecule has 0 saturated heterocycles. The number of benzene rings is 10. The van der Waals surface area contributed by atoms with Crippen LogP contribution in [0.5, 0.6) is 0 Å². The fourth-order valence-corrected chi connectivity index (χ4v) is 10.8. The smallest absolute Gasteiger partial charge is 0.0714 e. The minimum absolute atomic E-state index is 0.0964. The lowest BCUT2D eigenvalue weighted by Crippen LogP contribution is -2.28. The van der Waals surface area contributed by atoms with Crippen LogP contribution in [0, 0.1) is 0 Å². The Morgan fingerprint density at radius 3 is 1.48 bits per heavy atom. The Kier molecular flexibility index (Phi) is 9.66. The van der Waals surface area contributed by atoms with Gasteiger partial charge in [0.05, 0.1) is 16.4 Å². The lowest BCUT2D eigenvalue weighted by Gasteiger charge is -2.34. The highest BCUT2D eigenvalue weighted by Crippen LogP contribution is 2.56. The first kappa shape index (κ1) is 40.3. The van der Waals surface area contributed by atoms with E-state index >= 15 is 0 Å². The van der Waals surface area contributed by atoms with E-state index in [0.29, 0.717) is 0 Å². The topological polar surface area (TPSA) is 8.17 Å². The van der Waals surface area contributed by atoms with E-state index in [2.05, 4.69) is 279 Å². The van der Waals surface area contributed by atoms with Crippen LogP contribution in [0.2, 0.25) is 0 Å². The molecule has 0 radical (unpaired) electrons. The molecule has 0 bridgehead atoms. The number of fused-ring (bicyclic) bond motifs is 6. The van der Waals surface area contributed by atoms with Crippen molar-refractivity contribution < 1.29 is 0 Å². The number of rotatable bonds is 8. The number of anilines is 3. The van der Waals surface area contributed by atoms with Gasteiger partial charge >= 0.3 is 0 Å². The van der Waals surface area contributed by atoms with E-state index in [1.165, 1.54) is 83.0 Å². The maximum absolute atomic E-state index is 2.46. The fraction of sp³-hybridized carbons (Fsp3) is 0.0769. The second-order valence-electron chi connectivity index (χ2n) is 18.9. The predicted octanol–water partition coefficient (Wildman–Crippen LogP) is 17.2. The van der Waals surface area contributed by atoms with Crippen molar-refractivity contribution in [1.82, 2.24) is 4.57 Å². The molecule has 2 nitrogen and oxygen atoms in total. The average Bonchev–Trinajstić information content (AvgIpc) is 3.87. The van der Waals surface area contributed by atoms with E-state index < -0.39 is 5.41 Å². The molecule has 0 amide bonds. The van der Waals surface area contributed by atoms with Gasteiger partial charge in [0, 0.05) is 33.5 Å². The standard InChI is InChI=1S/C65H50N2/c1-64(2,3)49-34-38-54(39-35-49)66(52-21-11-6-12-22-52)53-36-31-46(32-37-53)45-27-29-47(30-28-45)48-33-42-63-59(43-48)58-24-14-16-26-62(58)67(63)55-40-41-57-56-23-13-15-25-60(56)65(61(57)44-55,50-17-7-4-8-18-50)51-19-9-5-10-20-51/h4-44H,1-3H3. The molecular weight excluding hydrogens is 809 g/mol. The number of nitrogens with zero attached hydrogens (tertiary/aromatic N) is 2. The summed E-state index contributed by atoms with van der Waals surface area (Å²) in [4.78, 5) is 2.33. The first-order chi connectivity index (χ1) is 32.9. The molecule has 0 N–H and O–H groups in total. The molecule has 10 aromatic carbocycles. The molecule has 320 valence electrons. The Morgan fingerprint density at radius 2 is 0.836 bits per heavy atom. The van der Waals surface area contributed by atoms with Crippen molar-refractivity contribution in [1.29, 1.82) is 0 Å². The van der Waals surface area contributed by atoms with Gasteiger partial charge in [0.25, 0.3) is 0 Å². The quantitative estimate of drug-likeness (QED) is 0.148. The van der Waals surface area contributed by atoms with E-state index in [4.69, 9.17) is 0 Å². The number of hydrogen-bond acceptors (Lipinski definition) is 1. The summed E-state index contributed by atoms with van der Waals surface area (Å²) >= 11 is 0. The minimum atomic E-state index is -0.466. The van der Waals surface area contributed by atoms with Crippen molar-refractivity contribution in [3.8, 4) is 39.1 Å². The minimum Gasteiger partial charge on any atom is -0.311 e. The van der Waals surface area contributed by atoms with Crippen LogP contribution in [-0.4, -0.2) is 4.57 Å². The molecule has 0 aliphatic heterocycles. The molecule has 0 fully saturated rings. The molecule has 12 rings (SSSR count). The molecular formula is C65H50N2. The van der Waals surface area contributed by atoms with Crippen molar-refractivity contribution in [2.75, 3.05) is 4.90 Å². The second-order valence-corrected chi connectivity index (χ2v) is 18.9. The molecule has 11 aromatic rings. The SMILES string of the molecule is CC(C)(C)c1ccc(N(c2ccccc2)c2ccc(-c3ccc(-c4ccc5c(c4)c4ccccc4n5-c4ccc5c(c4)C(c4ccccc4)(c4ccccc4)c4ccccc4-5)cc3)cc2)cc1. The van der Waals surface area contributed by atoms with Gasteiger partial charge < -0.3 is 9.47 Å². The van der Waals surface area contributed by atoms with Crippen LogP contribution < -0.4 is 4.90 Å². The highest BCUT2D eigenvalue weighted by atomic mass is 15.1. The summed E-state index contributed by atoms with van der Waals surface area (Å²) in [6.07, 6.45) is 0. The van der Waals surface area contributed by atoms with Gasteiger partial charge in [-0.05, 0) is 133 Å². The van der Waals surface area contributed by atoms with Crippen molar-refractivity contribution in [3.05, 3.63) is 277 Å². The number of hydrogen-bond donors (Lipinski definition) is 0. The normalized spacial score (nSPS) is 12.8. The highest BCUT2D eigenvalue weighted by molar-refractivity contribution is 6.10. The van der Waals surface area contributed by atoms with Crippen LogP contribution in [0.3, 0.4) is 0 Å². The molecule has 2 heteroatoms. The molecule has 1 aliphatic rings. The van der Waals surface area contributed by atoms with Gasteiger partial charge in [-0.3, -0.25) is 0 Å². The van der Waals surface area contributed by atoms with Gasteiger partial charge in [-0.2, -0.15) is 0 Å². The maximum Gasteiger partial charge on any atom is 0.0714 e. The summed E-state index contributed by atoms with van der Waals surface area (Å²) in [5.41, 5.74) is 20.4. The highest BCUT2D eigenvalue weighted by Gasteiger charge is 2.46. The summed E-state index contributed by atoms with van der Waals surface area (Å²) in [6.45, 7) is 6.78. The maximum atomic E-state index is 2.46. The van der Waals surface area contributed by atoms with E-state index in [9.17, 15) is 0 Å². The summed E-state index contributed by atoms with van der Waals surface area (Å²) < 4.78 is 2.46. The Labute approximate surface area is 393 Å². The fourth-order valence-electron chi connectivity index (χ4n) is 10.8. The number of aromatic nitrogens is 1. The Hall–Kier alpha value is -8.20. The molecule has 0 spiro atoms. The van der Waals surface area contributed by atoms with Crippen LogP contribution in [0.15, 0.2) is 249 Å². The average molecular weight is 859 g/mol. The van der Waals surface area contributed by atoms with Crippen molar-refractivity contribution in [2.24, 2.45) is 0 Å². The van der Waals surface area contributed by atoms with E-state index in [0.717, 1.165) is 22.7 Å².